The second kappa shape index (κ2) is 10.4. The Bertz CT molecular complexity index is 2770. The molecule has 230 valence electrons. The second-order valence-corrected chi connectivity index (χ2v) is 12.5. The summed E-state index contributed by atoms with van der Waals surface area (Å²) >= 11 is 0. The van der Waals surface area contributed by atoms with E-state index in [9.17, 15) is 9.59 Å². The SMILES string of the molecule is O=C1c2cccc(-n3c4ccccc4c4ccc(-n5c6ccccc6c6ccccc65)cc43)c2C(=O)N1c1ccccc1-c1ccccc1. The van der Waals surface area contributed by atoms with Crippen molar-refractivity contribution in [3.05, 3.63) is 175 Å². The zero-order valence-electron chi connectivity index (χ0n) is 26.2. The largest absolute Gasteiger partial charge is 0.309 e. The Labute approximate surface area is 281 Å². The van der Waals surface area contributed by atoms with Gasteiger partial charge in [-0.15, -0.1) is 0 Å². The van der Waals surface area contributed by atoms with Crippen LogP contribution >= 0.6 is 0 Å². The summed E-state index contributed by atoms with van der Waals surface area (Å²) in [6, 6.07) is 54.8. The van der Waals surface area contributed by atoms with Gasteiger partial charge in [0, 0.05) is 32.8 Å². The van der Waals surface area contributed by atoms with Gasteiger partial charge in [0.05, 0.1) is 44.6 Å². The lowest BCUT2D eigenvalue weighted by Crippen LogP contribution is -2.30. The van der Waals surface area contributed by atoms with Crippen molar-refractivity contribution in [1.29, 1.82) is 0 Å². The number of rotatable bonds is 4. The van der Waals surface area contributed by atoms with Crippen molar-refractivity contribution in [2.75, 3.05) is 4.90 Å². The average Bonchev–Trinajstić information content (AvgIpc) is 3.76. The lowest BCUT2D eigenvalue weighted by molar-refractivity contribution is 0.0926. The number of anilines is 1. The summed E-state index contributed by atoms with van der Waals surface area (Å²) in [5.41, 5.74) is 9.01. The van der Waals surface area contributed by atoms with Crippen LogP contribution in [0, 0.1) is 0 Å². The first-order valence-electron chi connectivity index (χ1n) is 16.4. The number of amides is 2. The fourth-order valence-electron chi connectivity index (χ4n) is 7.76. The highest BCUT2D eigenvalue weighted by molar-refractivity contribution is 6.36. The molecule has 0 bridgehead atoms. The molecule has 2 aromatic heterocycles. The van der Waals surface area contributed by atoms with Crippen LogP contribution < -0.4 is 4.90 Å². The van der Waals surface area contributed by atoms with E-state index in [0.29, 0.717) is 22.5 Å². The number of aromatic nitrogens is 2. The average molecular weight is 630 g/mol. The fraction of sp³-hybridized carbons (Fsp3) is 0. The fourth-order valence-corrected chi connectivity index (χ4v) is 7.76. The lowest BCUT2D eigenvalue weighted by Gasteiger charge is -2.18. The minimum atomic E-state index is -0.330. The molecule has 0 saturated carbocycles. The molecule has 1 aliphatic heterocycles. The first kappa shape index (κ1) is 27.4. The van der Waals surface area contributed by atoms with Gasteiger partial charge in [-0.3, -0.25) is 9.59 Å². The first-order valence-corrected chi connectivity index (χ1v) is 16.4. The molecular weight excluding hydrogens is 603 g/mol. The van der Waals surface area contributed by atoms with Gasteiger partial charge in [0.25, 0.3) is 11.8 Å². The Hall–Kier alpha value is -6.72. The van der Waals surface area contributed by atoms with Crippen molar-refractivity contribution >= 4 is 61.1 Å². The van der Waals surface area contributed by atoms with Crippen LogP contribution in [0.1, 0.15) is 20.7 Å². The number of nitrogens with zero attached hydrogens (tertiary/aromatic N) is 3. The van der Waals surface area contributed by atoms with Crippen LogP contribution in [-0.2, 0) is 0 Å². The van der Waals surface area contributed by atoms with Crippen LogP contribution in [0.25, 0.3) is 66.1 Å². The number of benzene rings is 7. The molecule has 0 N–H and O–H groups in total. The van der Waals surface area contributed by atoms with Gasteiger partial charge in [-0.05, 0) is 54.1 Å². The minimum absolute atomic E-state index is 0.322. The van der Waals surface area contributed by atoms with E-state index in [1.807, 2.05) is 78.9 Å². The molecular formula is C44H27N3O2. The van der Waals surface area contributed by atoms with Gasteiger partial charge in [-0.25, -0.2) is 4.90 Å². The third-order valence-corrected chi connectivity index (χ3v) is 9.86. The van der Waals surface area contributed by atoms with E-state index in [-0.39, 0.29) is 11.8 Å². The topological polar surface area (TPSA) is 47.2 Å². The van der Waals surface area contributed by atoms with Crippen LogP contribution in [0.3, 0.4) is 0 Å². The highest BCUT2D eigenvalue weighted by atomic mass is 16.2. The number of imide groups is 1. The number of para-hydroxylation sites is 4. The van der Waals surface area contributed by atoms with Gasteiger partial charge in [-0.2, -0.15) is 0 Å². The standard InChI is InChI=1S/C44H27N3O2/c48-43-35-19-12-24-40(42(35)44(49)47(43)36-20-8-4-15-30(36)28-13-2-1-3-14-28)46-39-23-11-7-18-33(39)34-26-25-29(27-41(34)46)45-37-21-9-5-16-31(37)32-17-6-10-22-38(32)45/h1-27H. The maximum absolute atomic E-state index is 14.6. The molecule has 0 aliphatic carbocycles. The zero-order chi connectivity index (χ0) is 32.6. The van der Waals surface area contributed by atoms with Crippen molar-refractivity contribution in [2.24, 2.45) is 0 Å². The smallest absolute Gasteiger partial charge is 0.268 e. The summed E-state index contributed by atoms with van der Waals surface area (Å²) in [6.45, 7) is 0. The third kappa shape index (κ3) is 3.87. The van der Waals surface area contributed by atoms with E-state index < -0.39 is 0 Å². The van der Waals surface area contributed by atoms with Crippen molar-refractivity contribution in [3.63, 3.8) is 0 Å². The Kier molecular flexibility index (Phi) is 5.81. The molecule has 49 heavy (non-hydrogen) atoms. The van der Waals surface area contributed by atoms with Gasteiger partial charge < -0.3 is 9.13 Å². The van der Waals surface area contributed by atoms with E-state index in [1.165, 1.54) is 15.7 Å². The van der Waals surface area contributed by atoms with Crippen LogP contribution in [0.5, 0.6) is 0 Å². The molecule has 9 aromatic rings. The molecule has 0 fully saturated rings. The molecule has 3 heterocycles. The molecule has 0 spiro atoms. The Morgan fingerprint density at radius 2 is 0.898 bits per heavy atom. The highest BCUT2D eigenvalue weighted by Crippen LogP contribution is 2.41. The molecule has 0 radical (unpaired) electrons. The number of carbonyl (C=O) groups is 2. The number of hydrogen-bond acceptors (Lipinski definition) is 2. The molecule has 5 heteroatoms. The first-order chi connectivity index (χ1) is 24.2. The van der Waals surface area contributed by atoms with Crippen molar-refractivity contribution in [2.45, 2.75) is 0 Å². The van der Waals surface area contributed by atoms with Crippen LogP contribution in [0.4, 0.5) is 5.69 Å². The van der Waals surface area contributed by atoms with Gasteiger partial charge in [0.15, 0.2) is 0 Å². The quantitative estimate of drug-likeness (QED) is 0.182. The number of carbonyl (C=O) groups excluding carboxylic acids is 2. The van der Waals surface area contributed by atoms with Crippen molar-refractivity contribution < 1.29 is 9.59 Å². The van der Waals surface area contributed by atoms with Crippen molar-refractivity contribution in [3.8, 4) is 22.5 Å². The lowest BCUT2D eigenvalue weighted by atomic mass is 10.0. The van der Waals surface area contributed by atoms with Gasteiger partial charge >= 0.3 is 0 Å². The summed E-state index contributed by atoms with van der Waals surface area (Å²) in [6.07, 6.45) is 0. The van der Waals surface area contributed by atoms with Crippen LogP contribution in [0.2, 0.25) is 0 Å². The molecule has 0 saturated heterocycles. The summed E-state index contributed by atoms with van der Waals surface area (Å²) < 4.78 is 4.46. The van der Waals surface area contributed by atoms with E-state index in [0.717, 1.165) is 49.7 Å². The monoisotopic (exact) mass is 629 g/mol. The molecule has 2 amide bonds. The van der Waals surface area contributed by atoms with E-state index in [2.05, 4.69) is 88.0 Å². The summed E-state index contributed by atoms with van der Waals surface area (Å²) in [4.78, 5) is 30.1. The zero-order valence-corrected chi connectivity index (χ0v) is 26.2. The van der Waals surface area contributed by atoms with Crippen LogP contribution in [0.15, 0.2) is 164 Å². The van der Waals surface area contributed by atoms with Crippen LogP contribution in [-0.4, -0.2) is 20.9 Å². The Morgan fingerprint density at radius 3 is 1.59 bits per heavy atom. The Balaban J connectivity index is 1.21. The maximum atomic E-state index is 14.6. The van der Waals surface area contributed by atoms with Gasteiger partial charge in [-0.1, -0.05) is 115 Å². The summed E-state index contributed by atoms with van der Waals surface area (Å²) in [5, 5.41) is 4.53. The molecule has 5 nitrogen and oxygen atoms in total. The molecule has 0 unspecified atom stereocenters. The maximum Gasteiger partial charge on any atom is 0.268 e. The van der Waals surface area contributed by atoms with Gasteiger partial charge in [0.1, 0.15) is 0 Å². The summed E-state index contributed by atoms with van der Waals surface area (Å²) in [5.74, 6) is -0.652. The molecule has 1 aliphatic rings. The molecule has 10 rings (SSSR count). The predicted molar refractivity (Wildman–Crippen MR) is 198 cm³/mol. The van der Waals surface area contributed by atoms with E-state index in [4.69, 9.17) is 0 Å². The van der Waals surface area contributed by atoms with E-state index >= 15 is 0 Å². The second-order valence-electron chi connectivity index (χ2n) is 12.5. The molecule has 7 aromatic carbocycles. The van der Waals surface area contributed by atoms with Crippen molar-refractivity contribution in [1.82, 2.24) is 9.13 Å². The van der Waals surface area contributed by atoms with Gasteiger partial charge in [0.2, 0.25) is 0 Å². The van der Waals surface area contributed by atoms with E-state index in [1.54, 1.807) is 6.07 Å². The predicted octanol–water partition coefficient (Wildman–Crippen LogP) is 10.3. The Morgan fingerprint density at radius 1 is 0.367 bits per heavy atom. The minimum Gasteiger partial charge on any atom is -0.309 e. The number of fused-ring (bicyclic) bond motifs is 7. The third-order valence-electron chi connectivity index (χ3n) is 9.86. The molecule has 0 atom stereocenters. The summed E-state index contributed by atoms with van der Waals surface area (Å²) in [7, 11) is 0. The number of hydrogen-bond donors (Lipinski definition) is 0. The normalized spacial score (nSPS) is 12.9. The highest BCUT2D eigenvalue weighted by Gasteiger charge is 2.40.